The maximum Gasteiger partial charge on any atom is 0.247 e. The van der Waals surface area contributed by atoms with Crippen molar-refractivity contribution in [3.63, 3.8) is 0 Å². The standard InChI is InChI=1S/C24H25ClN2O4S/c1-17-9-12-22(31-3)23(13-17)32(29,30)27(15-19-7-5-4-6-8-19)16-24(28)26-20-11-10-18(2)21(25)14-20/h4-14H,15-16H2,1-3H3,(H,26,28). The molecule has 168 valence electrons. The molecular weight excluding hydrogens is 448 g/mol. The lowest BCUT2D eigenvalue weighted by Gasteiger charge is -2.23. The molecule has 0 saturated carbocycles. The molecule has 6 nitrogen and oxygen atoms in total. The van der Waals surface area contributed by atoms with Gasteiger partial charge in [-0.1, -0.05) is 54.1 Å². The molecule has 0 spiro atoms. The smallest absolute Gasteiger partial charge is 0.247 e. The summed E-state index contributed by atoms with van der Waals surface area (Å²) in [4.78, 5) is 12.8. The van der Waals surface area contributed by atoms with Gasteiger partial charge in [0.05, 0.1) is 13.7 Å². The number of rotatable bonds is 8. The summed E-state index contributed by atoms with van der Waals surface area (Å²) in [5.41, 5.74) is 2.90. The Morgan fingerprint density at radius 3 is 2.41 bits per heavy atom. The van der Waals surface area contributed by atoms with Crippen LogP contribution in [0.5, 0.6) is 5.75 Å². The molecule has 0 bridgehead atoms. The van der Waals surface area contributed by atoms with E-state index in [0.717, 1.165) is 21.0 Å². The molecule has 1 amide bonds. The Morgan fingerprint density at radius 2 is 1.75 bits per heavy atom. The van der Waals surface area contributed by atoms with Crippen LogP contribution in [0.25, 0.3) is 0 Å². The van der Waals surface area contributed by atoms with E-state index in [-0.39, 0.29) is 23.7 Å². The minimum Gasteiger partial charge on any atom is -0.495 e. The van der Waals surface area contributed by atoms with E-state index in [1.807, 2.05) is 37.3 Å². The predicted molar refractivity (Wildman–Crippen MR) is 127 cm³/mol. The highest BCUT2D eigenvalue weighted by Gasteiger charge is 2.30. The van der Waals surface area contributed by atoms with Crippen LogP contribution in [-0.2, 0) is 21.4 Å². The Kier molecular flexibility index (Phi) is 7.56. The fourth-order valence-electron chi connectivity index (χ4n) is 3.17. The van der Waals surface area contributed by atoms with Crippen LogP contribution in [0.4, 0.5) is 5.69 Å². The number of carbonyl (C=O) groups is 1. The van der Waals surface area contributed by atoms with E-state index >= 15 is 0 Å². The minimum absolute atomic E-state index is 0.0158. The molecule has 0 aliphatic carbocycles. The fourth-order valence-corrected chi connectivity index (χ4v) is 4.97. The minimum atomic E-state index is -4.05. The van der Waals surface area contributed by atoms with E-state index in [0.29, 0.717) is 10.7 Å². The Morgan fingerprint density at radius 1 is 1.03 bits per heavy atom. The lowest BCUT2D eigenvalue weighted by atomic mass is 10.2. The number of ether oxygens (including phenoxy) is 1. The Labute approximate surface area is 193 Å². The molecule has 0 saturated heterocycles. The molecule has 3 aromatic rings. The predicted octanol–water partition coefficient (Wildman–Crippen LogP) is 4.80. The molecule has 0 radical (unpaired) electrons. The third kappa shape index (κ3) is 5.68. The topological polar surface area (TPSA) is 75.7 Å². The first-order valence-electron chi connectivity index (χ1n) is 9.95. The Balaban J connectivity index is 1.93. The lowest BCUT2D eigenvalue weighted by molar-refractivity contribution is -0.116. The number of anilines is 1. The summed E-state index contributed by atoms with van der Waals surface area (Å²) in [6.07, 6.45) is 0. The first-order chi connectivity index (χ1) is 15.2. The number of hydrogen-bond donors (Lipinski definition) is 1. The quantitative estimate of drug-likeness (QED) is 0.511. The largest absolute Gasteiger partial charge is 0.495 e. The van der Waals surface area contributed by atoms with Crippen LogP contribution in [0.3, 0.4) is 0 Å². The summed E-state index contributed by atoms with van der Waals surface area (Å²) in [5, 5.41) is 3.24. The van der Waals surface area contributed by atoms with Crippen LogP contribution in [0, 0.1) is 13.8 Å². The van der Waals surface area contributed by atoms with Gasteiger partial charge in [0.25, 0.3) is 0 Å². The highest BCUT2D eigenvalue weighted by Crippen LogP contribution is 2.29. The SMILES string of the molecule is COc1ccc(C)cc1S(=O)(=O)N(CC(=O)Nc1ccc(C)c(Cl)c1)Cc1ccccc1. The van der Waals surface area contributed by atoms with Gasteiger partial charge in [0.15, 0.2) is 0 Å². The molecule has 0 aliphatic rings. The van der Waals surface area contributed by atoms with E-state index in [2.05, 4.69) is 5.32 Å². The third-order valence-corrected chi connectivity index (χ3v) is 7.13. The van der Waals surface area contributed by atoms with Gasteiger partial charge < -0.3 is 10.1 Å². The summed E-state index contributed by atoms with van der Waals surface area (Å²) in [5.74, 6) is -0.254. The molecule has 0 fully saturated rings. The van der Waals surface area contributed by atoms with Crippen molar-refractivity contribution in [3.8, 4) is 5.75 Å². The van der Waals surface area contributed by atoms with E-state index in [4.69, 9.17) is 16.3 Å². The highest BCUT2D eigenvalue weighted by molar-refractivity contribution is 7.89. The summed E-state index contributed by atoms with van der Waals surface area (Å²) in [7, 11) is -2.63. The number of benzene rings is 3. The molecule has 1 N–H and O–H groups in total. The van der Waals surface area contributed by atoms with E-state index < -0.39 is 15.9 Å². The van der Waals surface area contributed by atoms with Gasteiger partial charge in [0.1, 0.15) is 10.6 Å². The second kappa shape index (κ2) is 10.2. The molecule has 3 aromatic carbocycles. The van der Waals surface area contributed by atoms with Crippen LogP contribution in [-0.4, -0.2) is 32.3 Å². The maximum absolute atomic E-state index is 13.6. The number of methoxy groups -OCH3 is 1. The molecular formula is C24H25ClN2O4S. The summed E-state index contributed by atoms with van der Waals surface area (Å²) in [6, 6.07) is 19.2. The van der Waals surface area contributed by atoms with Crippen LogP contribution < -0.4 is 10.1 Å². The number of hydrogen-bond acceptors (Lipinski definition) is 4. The van der Waals surface area contributed by atoms with Gasteiger partial charge in [0.2, 0.25) is 15.9 Å². The molecule has 0 aromatic heterocycles. The third-order valence-electron chi connectivity index (χ3n) is 4.91. The first kappa shape index (κ1) is 23.8. The Bertz CT molecular complexity index is 1210. The average Bonchev–Trinajstić information content (AvgIpc) is 2.76. The average molecular weight is 473 g/mol. The van der Waals surface area contributed by atoms with Crippen molar-refractivity contribution in [1.82, 2.24) is 4.31 Å². The number of nitrogens with one attached hydrogen (secondary N) is 1. The van der Waals surface area contributed by atoms with Crippen molar-refractivity contribution in [1.29, 1.82) is 0 Å². The van der Waals surface area contributed by atoms with Crippen LogP contribution in [0.15, 0.2) is 71.6 Å². The van der Waals surface area contributed by atoms with E-state index in [9.17, 15) is 13.2 Å². The van der Waals surface area contributed by atoms with Crippen LogP contribution in [0.2, 0.25) is 5.02 Å². The normalized spacial score (nSPS) is 11.4. The number of carbonyl (C=O) groups excluding carboxylic acids is 1. The molecule has 0 unspecified atom stereocenters. The molecule has 8 heteroatoms. The van der Waals surface area contributed by atoms with Crippen molar-refractivity contribution in [2.75, 3.05) is 19.0 Å². The van der Waals surface area contributed by atoms with Gasteiger partial charge >= 0.3 is 0 Å². The highest BCUT2D eigenvalue weighted by atomic mass is 35.5. The van der Waals surface area contributed by atoms with Crippen molar-refractivity contribution < 1.29 is 17.9 Å². The molecule has 0 heterocycles. The van der Waals surface area contributed by atoms with Crippen molar-refractivity contribution >= 4 is 33.2 Å². The van der Waals surface area contributed by atoms with Crippen LogP contribution in [0.1, 0.15) is 16.7 Å². The number of aryl methyl sites for hydroxylation is 2. The van der Waals surface area contributed by atoms with Gasteiger partial charge in [0, 0.05) is 17.3 Å². The zero-order chi connectivity index (χ0) is 23.3. The monoisotopic (exact) mass is 472 g/mol. The van der Waals surface area contributed by atoms with Gasteiger partial charge in [-0.2, -0.15) is 4.31 Å². The van der Waals surface area contributed by atoms with Gasteiger partial charge in [-0.25, -0.2) is 8.42 Å². The van der Waals surface area contributed by atoms with Gasteiger partial charge in [-0.05, 0) is 54.8 Å². The van der Waals surface area contributed by atoms with Crippen molar-refractivity contribution in [2.45, 2.75) is 25.3 Å². The van der Waals surface area contributed by atoms with Crippen LogP contribution >= 0.6 is 11.6 Å². The first-order valence-corrected chi connectivity index (χ1v) is 11.8. The number of sulfonamides is 1. The van der Waals surface area contributed by atoms with E-state index in [1.165, 1.54) is 7.11 Å². The van der Waals surface area contributed by atoms with Gasteiger partial charge in [-0.3, -0.25) is 4.79 Å². The Hall–Kier alpha value is -2.87. The summed E-state index contributed by atoms with van der Waals surface area (Å²) >= 11 is 6.14. The maximum atomic E-state index is 13.6. The fraction of sp³-hybridized carbons (Fsp3) is 0.208. The van der Waals surface area contributed by atoms with E-state index in [1.54, 1.807) is 43.3 Å². The molecule has 0 aliphatic heterocycles. The second-order valence-corrected chi connectivity index (χ2v) is 9.74. The summed E-state index contributed by atoms with van der Waals surface area (Å²) < 4.78 is 33.6. The number of amides is 1. The number of halogens is 1. The molecule has 0 atom stereocenters. The van der Waals surface area contributed by atoms with Crippen molar-refractivity contribution in [2.24, 2.45) is 0 Å². The van der Waals surface area contributed by atoms with Crippen molar-refractivity contribution in [3.05, 3.63) is 88.4 Å². The molecule has 32 heavy (non-hydrogen) atoms. The van der Waals surface area contributed by atoms with Gasteiger partial charge in [-0.15, -0.1) is 0 Å². The zero-order valence-electron chi connectivity index (χ0n) is 18.1. The molecule has 3 rings (SSSR count). The summed E-state index contributed by atoms with van der Waals surface area (Å²) in [6.45, 7) is 3.31. The zero-order valence-corrected chi connectivity index (χ0v) is 19.7. The lowest BCUT2D eigenvalue weighted by Crippen LogP contribution is -2.37. The number of nitrogens with zero attached hydrogens (tertiary/aromatic N) is 1. The second-order valence-electron chi connectivity index (χ2n) is 7.43.